The molecule has 0 bridgehead atoms. The number of carbonyl (C=O) groups is 2. The lowest BCUT2D eigenvalue weighted by Gasteiger charge is -2.37. The first-order chi connectivity index (χ1) is 13.0. The SMILES string of the molecule is CCCN(CC(=O)N1CCc2sccc2C1c1ccc(F)cc1)C(=O)CC. The lowest BCUT2D eigenvalue weighted by Crippen LogP contribution is -2.46. The topological polar surface area (TPSA) is 40.6 Å². The zero-order valence-electron chi connectivity index (χ0n) is 15.8. The predicted octanol–water partition coefficient (Wildman–Crippen LogP) is 4.01. The number of fused-ring (bicyclic) bond motifs is 1. The van der Waals surface area contributed by atoms with Crippen LogP contribution in [0.1, 0.15) is 48.7 Å². The molecule has 2 amide bonds. The Kier molecular flexibility index (Phi) is 6.26. The van der Waals surface area contributed by atoms with E-state index in [1.807, 2.05) is 24.1 Å². The van der Waals surface area contributed by atoms with Gasteiger partial charge in [-0.2, -0.15) is 0 Å². The standard InChI is InChI=1S/C21H25FN2O2S/c1-3-11-23(19(25)4-2)14-20(26)24-12-9-18-17(10-13-27-18)21(24)15-5-7-16(22)8-6-15/h5-8,10,13,21H,3-4,9,11-12,14H2,1-2H3. The fourth-order valence-electron chi connectivity index (χ4n) is 3.63. The van der Waals surface area contributed by atoms with Gasteiger partial charge in [-0.05, 0) is 47.5 Å². The summed E-state index contributed by atoms with van der Waals surface area (Å²) in [4.78, 5) is 30.1. The minimum Gasteiger partial charge on any atom is -0.333 e. The smallest absolute Gasteiger partial charge is 0.242 e. The third kappa shape index (κ3) is 4.21. The van der Waals surface area contributed by atoms with E-state index in [-0.39, 0.29) is 30.2 Å². The summed E-state index contributed by atoms with van der Waals surface area (Å²) in [6, 6.07) is 8.18. The molecule has 2 aromatic rings. The molecule has 0 radical (unpaired) electrons. The van der Waals surface area contributed by atoms with Crippen LogP contribution < -0.4 is 0 Å². The van der Waals surface area contributed by atoms with E-state index in [1.54, 1.807) is 28.4 Å². The number of halogens is 1. The van der Waals surface area contributed by atoms with Crippen LogP contribution in [-0.4, -0.2) is 41.2 Å². The molecule has 1 unspecified atom stereocenters. The average Bonchev–Trinajstić information content (AvgIpc) is 3.15. The number of hydrogen-bond acceptors (Lipinski definition) is 3. The van der Waals surface area contributed by atoms with Crippen molar-refractivity contribution in [3.63, 3.8) is 0 Å². The van der Waals surface area contributed by atoms with Gasteiger partial charge in [-0.15, -0.1) is 11.3 Å². The van der Waals surface area contributed by atoms with Gasteiger partial charge in [0.1, 0.15) is 5.82 Å². The van der Waals surface area contributed by atoms with Gasteiger partial charge in [0, 0.05) is 24.4 Å². The number of nitrogens with zero attached hydrogens (tertiary/aromatic N) is 2. The Labute approximate surface area is 163 Å². The highest BCUT2D eigenvalue weighted by molar-refractivity contribution is 7.10. The Morgan fingerprint density at radius 2 is 1.96 bits per heavy atom. The van der Waals surface area contributed by atoms with Crippen molar-refractivity contribution in [2.45, 2.75) is 39.2 Å². The fraction of sp³-hybridized carbons (Fsp3) is 0.429. The number of amides is 2. The molecule has 27 heavy (non-hydrogen) atoms. The van der Waals surface area contributed by atoms with Crippen LogP contribution in [-0.2, 0) is 16.0 Å². The first-order valence-electron chi connectivity index (χ1n) is 9.44. The van der Waals surface area contributed by atoms with Crippen molar-refractivity contribution < 1.29 is 14.0 Å². The quantitative estimate of drug-likeness (QED) is 0.750. The van der Waals surface area contributed by atoms with Crippen molar-refractivity contribution in [3.8, 4) is 0 Å². The normalized spacial score (nSPS) is 16.1. The molecule has 1 aromatic heterocycles. The minimum absolute atomic E-state index is 0.00300. The molecular weight excluding hydrogens is 363 g/mol. The molecule has 4 nitrogen and oxygen atoms in total. The van der Waals surface area contributed by atoms with Gasteiger partial charge in [0.15, 0.2) is 0 Å². The molecular formula is C21H25FN2O2S. The van der Waals surface area contributed by atoms with E-state index in [0.717, 1.165) is 24.0 Å². The molecule has 3 rings (SSSR count). The molecule has 1 aliphatic rings. The van der Waals surface area contributed by atoms with Crippen LogP contribution in [0, 0.1) is 5.82 Å². The summed E-state index contributed by atoms with van der Waals surface area (Å²) in [5.74, 6) is -0.353. The first kappa shape index (κ1) is 19.5. The summed E-state index contributed by atoms with van der Waals surface area (Å²) in [5, 5.41) is 2.04. The predicted molar refractivity (Wildman–Crippen MR) is 105 cm³/mol. The summed E-state index contributed by atoms with van der Waals surface area (Å²) >= 11 is 1.69. The van der Waals surface area contributed by atoms with Crippen LogP contribution >= 0.6 is 11.3 Å². The van der Waals surface area contributed by atoms with Gasteiger partial charge in [-0.3, -0.25) is 9.59 Å². The molecule has 1 aromatic carbocycles. The summed E-state index contributed by atoms with van der Waals surface area (Å²) < 4.78 is 13.4. The molecule has 1 atom stereocenters. The number of benzene rings is 1. The number of carbonyl (C=O) groups excluding carboxylic acids is 2. The highest BCUT2D eigenvalue weighted by Gasteiger charge is 2.33. The van der Waals surface area contributed by atoms with Crippen LogP contribution in [0.15, 0.2) is 35.7 Å². The van der Waals surface area contributed by atoms with Crippen LogP contribution in [0.2, 0.25) is 0 Å². The van der Waals surface area contributed by atoms with Crippen LogP contribution in [0.25, 0.3) is 0 Å². The maximum absolute atomic E-state index is 13.4. The summed E-state index contributed by atoms with van der Waals surface area (Å²) in [6.07, 6.45) is 2.02. The molecule has 0 saturated carbocycles. The maximum atomic E-state index is 13.4. The monoisotopic (exact) mass is 388 g/mol. The fourth-order valence-corrected chi connectivity index (χ4v) is 4.53. The summed E-state index contributed by atoms with van der Waals surface area (Å²) in [6.45, 7) is 5.10. The van der Waals surface area contributed by atoms with Gasteiger partial charge < -0.3 is 9.80 Å². The maximum Gasteiger partial charge on any atom is 0.242 e. The van der Waals surface area contributed by atoms with E-state index < -0.39 is 0 Å². The van der Waals surface area contributed by atoms with Gasteiger partial charge in [0.25, 0.3) is 0 Å². The van der Waals surface area contributed by atoms with Crippen molar-refractivity contribution in [2.75, 3.05) is 19.6 Å². The van der Waals surface area contributed by atoms with E-state index in [9.17, 15) is 14.0 Å². The van der Waals surface area contributed by atoms with Gasteiger partial charge in [-0.25, -0.2) is 4.39 Å². The Morgan fingerprint density at radius 3 is 2.63 bits per heavy atom. The third-order valence-electron chi connectivity index (χ3n) is 4.95. The van der Waals surface area contributed by atoms with Gasteiger partial charge in [0.2, 0.25) is 11.8 Å². The molecule has 0 aliphatic carbocycles. The highest BCUT2D eigenvalue weighted by Crippen LogP contribution is 2.37. The van der Waals surface area contributed by atoms with E-state index in [2.05, 4.69) is 6.07 Å². The molecule has 0 fully saturated rings. The van der Waals surface area contributed by atoms with Crippen molar-refractivity contribution in [2.24, 2.45) is 0 Å². The number of rotatable bonds is 6. The Morgan fingerprint density at radius 1 is 1.22 bits per heavy atom. The van der Waals surface area contributed by atoms with Crippen molar-refractivity contribution >= 4 is 23.2 Å². The van der Waals surface area contributed by atoms with E-state index in [1.165, 1.54) is 17.0 Å². The third-order valence-corrected chi connectivity index (χ3v) is 5.94. The average molecular weight is 389 g/mol. The molecule has 0 N–H and O–H groups in total. The Balaban J connectivity index is 1.89. The first-order valence-corrected chi connectivity index (χ1v) is 10.3. The number of hydrogen-bond donors (Lipinski definition) is 0. The Bertz CT molecular complexity index is 803. The van der Waals surface area contributed by atoms with Crippen molar-refractivity contribution in [3.05, 3.63) is 57.5 Å². The van der Waals surface area contributed by atoms with E-state index >= 15 is 0 Å². The number of thiophene rings is 1. The molecule has 0 spiro atoms. The van der Waals surface area contributed by atoms with Gasteiger partial charge in [0.05, 0.1) is 12.6 Å². The molecule has 0 saturated heterocycles. The van der Waals surface area contributed by atoms with Crippen molar-refractivity contribution in [1.82, 2.24) is 9.80 Å². The second-order valence-electron chi connectivity index (χ2n) is 6.76. The van der Waals surface area contributed by atoms with E-state index in [4.69, 9.17) is 0 Å². The second kappa shape index (κ2) is 8.65. The van der Waals surface area contributed by atoms with Crippen LogP contribution in [0.5, 0.6) is 0 Å². The van der Waals surface area contributed by atoms with E-state index in [0.29, 0.717) is 19.5 Å². The second-order valence-corrected chi connectivity index (χ2v) is 7.76. The highest BCUT2D eigenvalue weighted by atomic mass is 32.1. The molecule has 144 valence electrons. The lowest BCUT2D eigenvalue weighted by molar-refractivity contribution is -0.141. The zero-order valence-corrected chi connectivity index (χ0v) is 16.6. The Hall–Kier alpha value is -2.21. The van der Waals surface area contributed by atoms with Gasteiger partial charge in [-0.1, -0.05) is 26.0 Å². The summed E-state index contributed by atoms with van der Waals surface area (Å²) in [5.41, 5.74) is 2.00. The molecule has 6 heteroatoms. The molecule has 1 aliphatic heterocycles. The van der Waals surface area contributed by atoms with Crippen LogP contribution in [0.4, 0.5) is 4.39 Å². The minimum atomic E-state index is -0.291. The largest absolute Gasteiger partial charge is 0.333 e. The van der Waals surface area contributed by atoms with Crippen molar-refractivity contribution in [1.29, 1.82) is 0 Å². The molecule has 2 heterocycles. The summed E-state index contributed by atoms with van der Waals surface area (Å²) in [7, 11) is 0. The zero-order chi connectivity index (χ0) is 19.4. The van der Waals surface area contributed by atoms with Gasteiger partial charge >= 0.3 is 0 Å². The van der Waals surface area contributed by atoms with Crippen LogP contribution in [0.3, 0.4) is 0 Å². The lowest BCUT2D eigenvalue weighted by atomic mass is 9.93.